The van der Waals surface area contributed by atoms with E-state index in [4.69, 9.17) is 9.84 Å². The molecule has 1 aromatic carbocycles. The fraction of sp³-hybridized carbons (Fsp3) is 0.389. The summed E-state index contributed by atoms with van der Waals surface area (Å²) in [6.45, 7) is 4.44. The topological polar surface area (TPSA) is 75.6 Å². The molecule has 0 unspecified atom stereocenters. The van der Waals surface area contributed by atoms with Crippen molar-refractivity contribution >= 4 is 5.97 Å². The molecule has 0 saturated carbocycles. The van der Waals surface area contributed by atoms with Crippen molar-refractivity contribution in [1.82, 2.24) is 14.9 Å². The van der Waals surface area contributed by atoms with Gasteiger partial charge >= 0.3 is 5.97 Å². The average Bonchev–Trinajstić information content (AvgIpc) is 2.60. The standard InChI is InChI=1S/C18H23N3O3/c1-3-4-9-21(12-14-7-5-6-8-17(14)24-2)13-15-10-20-16(11-19-15)18(22)23/h5-8,10-11H,3-4,9,12-13H2,1-2H3,(H,22,23). The van der Waals surface area contributed by atoms with Crippen LogP contribution in [0.5, 0.6) is 5.75 Å². The predicted octanol–water partition coefficient (Wildman–Crippen LogP) is 2.99. The largest absolute Gasteiger partial charge is 0.496 e. The minimum Gasteiger partial charge on any atom is -0.496 e. The van der Waals surface area contributed by atoms with E-state index in [2.05, 4.69) is 27.9 Å². The Balaban J connectivity index is 2.11. The van der Waals surface area contributed by atoms with Crippen LogP contribution in [0.25, 0.3) is 0 Å². The van der Waals surface area contributed by atoms with E-state index in [1.165, 1.54) is 12.4 Å². The molecule has 0 fully saturated rings. The van der Waals surface area contributed by atoms with Crippen molar-refractivity contribution in [2.24, 2.45) is 0 Å². The van der Waals surface area contributed by atoms with Crippen LogP contribution in [-0.4, -0.2) is 39.6 Å². The summed E-state index contributed by atoms with van der Waals surface area (Å²) in [6.07, 6.45) is 5.02. The highest BCUT2D eigenvalue weighted by Crippen LogP contribution is 2.20. The van der Waals surface area contributed by atoms with E-state index in [-0.39, 0.29) is 5.69 Å². The molecule has 0 aliphatic heterocycles. The van der Waals surface area contributed by atoms with Gasteiger partial charge in [0.25, 0.3) is 0 Å². The van der Waals surface area contributed by atoms with Crippen molar-refractivity contribution in [2.75, 3.05) is 13.7 Å². The third-order valence-electron chi connectivity index (χ3n) is 3.72. The summed E-state index contributed by atoms with van der Waals surface area (Å²) >= 11 is 0. The maximum Gasteiger partial charge on any atom is 0.356 e. The van der Waals surface area contributed by atoms with Crippen LogP contribution in [0.4, 0.5) is 0 Å². The van der Waals surface area contributed by atoms with Crippen LogP contribution in [0.3, 0.4) is 0 Å². The predicted molar refractivity (Wildman–Crippen MR) is 91.0 cm³/mol. The fourth-order valence-electron chi connectivity index (χ4n) is 2.45. The summed E-state index contributed by atoms with van der Waals surface area (Å²) in [5.41, 5.74) is 1.83. The first kappa shape index (κ1) is 17.9. The van der Waals surface area contributed by atoms with E-state index in [1.54, 1.807) is 7.11 Å². The van der Waals surface area contributed by atoms with Gasteiger partial charge in [0.05, 0.1) is 25.2 Å². The number of aromatic carboxylic acids is 1. The average molecular weight is 329 g/mol. The van der Waals surface area contributed by atoms with Crippen LogP contribution in [0.1, 0.15) is 41.5 Å². The number of carboxylic acid groups (broad SMARTS) is 1. The molecule has 24 heavy (non-hydrogen) atoms. The molecule has 2 rings (SSSR count). The molecule has 0 radical (unpaired) electrons. The molecule has 0 spiro atoms. The first-order chi connectivity index (χ1) is 11.6. The zero-order valence-corrected chi connectivity index (χ0v) is 14.1. The summed E-state index contributed by atoms with van der Waals surface area (Å²) in [4.78, 5) is 21.3. The van der Waals surface area contributed by atoms with Crippen molar-refractivity contribution in [2.45, 2.75) is 32.9 Å². The molecule has 2 aromatic rings. The molecule has 1 heterocycles. The second-order valence-electron chi connectivity index (χ2n) is 5.57. The number of unbranched alkanes of at least 4 members (excludes halogenated alkanes) is 1. The number of benzene rings is 1. The molecule has 6 nitrogen and oxygen atoms in total. The van der Waals surface area contributed by atoms with Crippen LogP contribution < -0.4 is 4.74 Å². The first-order valence-electron chi connectivity index (χ1n) is 8.02. The lowest BCUT2D eigenvalue weighted by molar-refractivity contribution is 0.0690. The quantitative estimate of drug-likeness (QED) is 0.762. The lowest BCUT2D eigenvalue weighted by atomic mass is 10.1. The smallest absolute Gasteiger partial charge is 0.356 e. The van der Waals surface area contributed by atoms with Crippen molar-refractivity contribution in [3.05, 3.63) is 53.6 Å². The third kappa shape index (κ3) is 5.03. The van der Waals surface area contributed by atoms with Crippen molar-refractivity contribution in [3.63, 3.8) is 0 Å². The summed E-state index contributed by atoms with van der Waals surface area (Å²) in [5, 5.41) is 8.90. The number of carboxylic acids is 1. The van der Waals surface area contributed by atoms with Crippen LogP contribution in [-0.2, 0) is 13.1 Å². The maximum atomic E-state index is 10.9. The lowest BCUT2D eigenvalue weighted by Crippen LogP contribution is -2.25. The van der Waals surface area contributed by atoms with Crippen molar-refractivity contribution in [1.29, 1.82) is 0 Å². The van der Waals surface area contributed by atoms with Crippen LogP contribution >= 0.6 is 0 Å². The Bertz CT molecular complexity index is 659. The monoisotopic (exact) mass is 329 g/mol. The van der Waals surface area contributed by atoms with Gasteiger partial charge in [0, 0.05) is 18.7 Å². The molecule has 1 N–H and O–H groups in total. The van der Waals surface area contributed by atoms with E-state index < -0.39 is 5.97 Å². The van der Waals surface area contributed by atoms with E-state index in [0.29, 0.717) is 6.54 Å². The Kier molecular flexibility index (Phi) is 6.69. The van der Waals surface area contributed by atoms with E-state index in [1.807, 2.05) is 18.2 Å². The van der Waals surface area contributed by atoms with Gasteiger partial charge in [-0.15, -0.1) is 0 Å². The van der Waals surface area contributed by atoms with Gasteiger partial charge in [-0.3, -0.25) is 9.88 Å². The van der Waals surface area contributed by atoms with E-state index in [0.717, 1.165) is 42.9 Å². The Morgan fingerprint density at radius 3 is 2.62 bits per heavy atom. The minimum atomic E-state index is -1.06. The number of aromatic nitrogens is 2. The number of nitrogens with zero attached hydrogens (tertiary/aromatic N) is 3. The number of rotatable bonds is 9. The Hall–Kier alpha value is -2.47. The molecular weight excluding hydrogens is 306 g/mol. The zero-order valence-electron chi connectivity index (χ0n) is 14.1. The molecule has 0 saturated heterocycles. The fourth-order valence-corrected chi connectivity index (χ4v) is 2.45. The SMILES string of the molecule is CCCCN(Cc1cnc(C(=O)O)cn1)Cc1ccccc1OC. The van der Waals surface area contributed by atoms with Gasteiger partial charge in [0.15, 0.2) is 5.69 Å². The number of carbonyl (C=O) groups is 1. The van der Waals surface area contributed by atoms with Crippen LogP contribution in [0, 0.1) is 0 Å². The number of para-hydroxylation sites is 1. The van der Waals surface area contributed by atoms with Crippen LogP contribution in [0.2, 0.25) is 0 Å². The Labute approximate surface area is 142 Å². The number of hydrogen-bond acceptors (Lipinski definition) is 5. The summed E-state index contributed by atoms with van der Waals surface area (Å²) in [6, 6.07) is 7.96. The highest BCUT2D eigenvalue weighted by atomic mass is 16.5. The number of methoxy groups -OCH3 is 1. The summed E-state index contributed by atoms with van der Waals surface area (Å²) in [5.74, 6) is -0.197. The number of hydrogen-bond donors (Lipinski definition) is 1. The third-order valence-corrected chi connectivity index (χ3v) is 3.72. The molecule has 0 amide bonds. The van der Waals surface area contributed by atoms with E-state index >= 15 is 0 Å². The molecule has 6 heteroatoms. The Morgan fingerprint density at radius 2 is 2.00 bits per heavy atom. The molecule has 128 valence electrons. The summed E-state index contributed by atoms with van der Waals surface area (Å²) in [7, 11) is 1.67. The molecule has 0 aliphatic rings. The van der Waals surface area contributed by atoms with Gasteiger partial charge in [0.2, 0.25) is 0 Å². The van der Waals surface area contributed by atoms with Gasteiger partial charge in [-0.05, 0) is 19.0 Å². The van der Waals surface area contributed by atoms with Gasteiger partial charge in [-0.2, -0.15) is 0 Å². The highest BCUT2D eigenvalue weighted by molar-refractivity contribution is 5.84. The van der Waals surface area contributed by atoms with Gasteiger partial charge in [-0.1, -0.05) is 31.5 Å². The second-order valence-corrected chi connectivity index (χ2v) is 5.57. The lowest BCUT2D eigenvalue weighted by Gasteiger charge is -2.22. The van der Waals surface area contributed by atoms with E-state index in [9.17, 15) is 4.79 Å². The van der Waals surface area contributed by atoms with Crippen molar-refractivity contribution in [3.8, 4) is 5.75 Å². The molecular formula is C18H23N3O3. The van der Waals surface area contributed by atoms with Gasteiger partial charge < -0.3 is 9.84 Å². The normalized spacial score (nSPS) is 10.8. The maximum absolute atomic E-state index is 10.9. The molecule has 0 atom stereocenters. The molecule has 0 bridgehead atoms. The minimum absolute atomic E-state index is 0.0383. The molecule has 0 aliphatic carbocycles. The second kappa shape index (κ2) is 8.98. The first-order valence-corrected chi connectivity index (χ1v) is 8.02. The Morgan fingerprint density at radius 1 is 1.21 bits per heavy atom. The number of ether oxygens (including phenoxy) is 1. The van der Waals surface area contributed by atoms with Gasteiger partial charge in [0.1, 0.15) is 5.75 Å². The summed E-state index contributed by atoms with van der Waals surface area (Å²) < 4.78 is 5.42. The zero-order chi connectivity index (χ0) is 17.4. The van der Waals surface area contributed by atoms with Gasteiger partial charge in [-0.25, -0.2) is 9.78 Å². The molecule has 1 aromatic heterocycles. The van der Waals surface area contributed by atoms with Crippen molar-refractivity contribution < 1.29 is 14.6 Å². The van der Waals surface area contributed by atoms with Crippen LogP contribution in [0.15, 0.2) is 36.7 Å². The highest BCUT2D eigenvalue weighted by Gasteiger charge is 2.12.